The number of anilines is 1. The van der Waals surface area contributed by atoms with Crippen LogP contribution in [-0.2, 0) is 16.1 Å². The van der Waals surface area contributed by atoms with Gasteiger partial charge in [-0.25, -0.2) is 9.89 Å². The zero-order chi connectivity index (χ0) is 20.1. The Labute approximate surface area is 172 Å². The van der Waals surface area contributed by atoms with Gasteiger partial charge in [-0.05, 0) is 24.5 Å². The maximum Gasteiger partial charge on any atom is 0.344 e. The Morgan fingerprint density at radius 3 is 2.79 bits per heavy atom. The van der Waals surface area contributed by atoms with E-state index in [1.807, 2.05) is 54.6 Å². The van der Waals surface area contributed by atoms with E-state index in [2.05, 4.69) is 15.5 Å². The fourth-order valence-electron chi connectivity index (χ4n) is 3.34. The van der Waals surface area contributed by atoms with Gasteiger partial charge in [0.1, 0.15) is 0 Å². The van der Waals surface area contributed by atoms with E-state index in [0.29, 0.717) is 11.7 Å². The molecule has 0 radical (unpaired) electrons. The summed E-state index contributed by atoms with van der Waals surface area (Å²) in [5.41, 5.74) is 2.47. The molecule has 1 aliphatic heterocycles. The summed E-state index contributed by atoms with van der Waals surface area (Å²) in [6.07, 6.45) is 1.96. The molecular formula is C21H22N4O3S. The number of carbonyl (C=O) groups is 1. The van der Waals surface area contributed by atoms with Crippen LogP contribution in [0.4, 0.5) is 5.69 Å². The van der Waals surface area contributed by atoms with Gasteiger partial charge in [-0.3, -0.25) is 9.36 Å². The molecule has 0 aliphatic carbocycles. The number of carbonyl (C=O) groups excluding carboxylic acids is 1. The highest BCUT2D eigenvalue weighted by Gasteiger charge is 2.20. The van der Waals surface area contributed by atoms with Crippen LogP contribution in [0.5, 0.6) is 0 Å². The molecule has 2 aromatic carbocycles. The van der Waals surface area contributed by atoms with Crippen molar-refractivity contribution >= 4 is 23.4 Å². The molecule has 2 N–H and O–H groups in total. The number of rotatable bonds is 7. The lowest BCUT2D eigenvalue weighted by atomic mass is 10.0. The summed E-state index contributed by atoms with van der Waals surface area (Å²) >= 11 is 1.23. The molecule has 3 aromatic rings. The van der Waals surface area contributed by atoms with Crippen LogP contribution in [-0.4, -0.2) is 39.1 Å². The molecule has 1 fully saturated rings. The molecule has 1 saturated heterocycles. The van der Waals surface area contributed by atoms with Crippen molar-refractivity contribution in [1.29, 1.82) is 0 Å². The first-order valence-corrected chi connectivity index (χ1v) is 10.5. The molecule has 2 heterocycles. The molecule has 8 heteroatoms. The summed E-state index contributed by atoms with van der Waals surface area (Å²) in [6, 6.07) is 17.6. The van der Waals surface area contributed by atoms with Gasteiger partial charge in [-0.15, -0.1) is 5.10 Å². The first-order valence-electron chi connectivity index (χ1n) is 9.54. The van der Waals surface area contributed by atoms with Crippen molar-refractivity contribution in [1.82, 2.24) is 14.8 Å². The third kappa shape index (κ3) is 4.78. The van der Waals surface area contributed by atoms with Gasteiger partial charge >= 0.3 is 5.69 Å². The Morgan fingerprint density at radius 2 is 2.00 bits per heavy atom. The highest BCUT2D eigenvalue weighted by Crippen LogP contribution is 2.28. The minimum absolute atomic E-state index is 0.0243. The number of hydrogen-bond acceptors (Lipinski definition) is 5. The minimum atomic E-state index is -0.280. The summed E-state index contributed by atoms with van der Waals surface area (Å²) in [5.74, 6) is -0.00337. The van der Waals surface area contributed by atoms with Crippen LogP contribution in [0.1, 0.15) is 12.8 Å². The number of hydrogen-bond donors (Lipinski definition) is 2. The molecule has 0 saturated carbocycles. The van der Waals surface area contributed by atoms with Gasteiger partial charge in [-0.2, -0.15) is 0 Å². The van der Waals surface area contributed by atoms with Gasteiger partial charge in [0.25, 0.3) is 0 Å². The van der Waals surface area contributed by atoms with Crippen LogP contribution in [0.15, 0.2) is 64.5 Å². The maximum atomic E-state index is 12.5. The van der Waals surface area contributed by atoms with Crippen molar-refractivity contribution in [2.75, 3.05) is 17.7 Å². The number of H-pyrrole nitrogens is 1. The number of amides is 1. The lowest BCUT2D eigenvalue weighted by Gasteiger charge is -2.12. The van der Waals surface area contributed by atoms with E-state index in [9.17, 15) is 9.59 Å². The summed E-state index contributed by atoms with van der Waals surface area (Å²) < 4.78 is 7.15. The number of nitrogens with one attached hydrogen (secondary N) is 2. The predicted octanol–water partition coefficient (Wildman–Crippen LogP) is 3.15. The van der Waals surface area contributed by atoms with Gasteiger partial charge in [-0.1, -0.05) is 60.3 Å². The van der Waals surface area contributed by atoms with Crippen LogP contribution < -0.4 is 11.0 Å². The third-order valence-corrected chi connectivity index (χ3v) is 5.73. The summed E-state index contributed by atoms with van der Waals surface area (Å²) in [4.78, 5) is 24.6. The molecule has 1 aliphatic rings. The molecule has 150 valence electrons. The van der Waals surface area contributed by atoms with Crippen LogP contribution in [0.25, 0.3) is 11.1 Å². The molecule has 0 bridgehead atoms. The second-order valence-corrected chi connectivity index (χ2v) is 7.75. The van der Waals surface area contributed by atoms with Crippen LogP contribution in [0.3, 0.4) is 0 Å². The van der Waals surface area contributed by atoms with Crippen molar-refractivity contribution < 1.29 is 9.53 Å². The Morgan fingerprint density at radius 1 is 1.21 bits per heavy atom. The molecule has 4 rings (SSSR count). The number of ether oxygens (including phenoxy) is 1. The second-order valence-electron chi connectivity index (χ2n) is 6.81. The lowest BCUT2D eigenvalue weighted by Crippen LogP contribution is -2.25. The normalized spacial score (nSPS) is 16.1. The van der Waals surface area contributed by atoms with Gasteiger partial charge in [0.05, 0.1) is 18.4 Å². The van der Waals surface area contributed by atoms with E-state index in [1.165, 1.54) is 11.8 Å². The zero-order valence-electron chi connectivity index (χ0n) is 15.8. The monoisotopic (exact) mass is 410 g/mol. The largest absolute Gasteiger partial charge is 0.376 e. The highest BCUT2D eigenvalue weighted by molar-refractivity contribution is 7.99. The number of aromatic nitrogens is 3. The third-order valence-electron chi connectivity index (χ3n) is 4.75. The zero-order valence-corrected chi connectivity index (χ0v) is 16.7. The lowest BCUT2D eigenvalue weighted by molar-refractivity contribution is -0.113. The molecule has 1 amide bonds. The SMILES string of the molecule is O=C(CSc1n[nH]c(=O)n1C[C@H]1CCCO1)Nc1ccccc1-c1ccccc1. The quantitative estimate of drug-likeness (QED) is 0.584. The average molecular weight is 410 g/mol. The molecule has 7 nitrogen and oxygen atoms in total. The number of nitrogens with zero attached hydrogens (tertiary/aromatic N) is 2. The Balaban J connectivity index is 1.41. The maximum absolute atomic E-state index is 12.5. The summed E-state index contributed by atoms with van der Waals surface area (Å²) in [7, 11) is 0. The molecule has 0 spiro atoms. The van der Waals surface area contributed by atoms with Crippen molar-refractivity contribution in [2.24, 2.45) is 0 Å². The first kappa shape index (κ1) is 19.5. The average Bonchev–Trinajstić information content (AvgIpc) is 3.38. The fraction of sp³-hybridized carbons (Fsp3) is 0.286. The Kier molecular flexibility index (Phi) is 6.12. The summed E-state index contributed by atoms with van der Waals surface area (Å²) in [5, 5.41) is 9.99. The second kappa shape index (κ2) is 9.11. The smallest absolute Gasteiger partial charge is 0.344 e. The number of benzene rings is 2. The van der Waals surface area contributed by atoms with Crippen LogP contribution >= 0.6 is 11.8 Å². The Bertz CT molecular complexity index is 1030. The molecule has 0 unspecified atom stereocenters. The van der Waals surface area contributed by atoms with Crippen molar-refractivity contribution in [3.8, 4) is 11.1 Å². The molecule has 29 heavy (non-hydrogen) atoms. The molecule has 1 aromatic heterocycles. The van der Waals surface area contributed by atoms with Crippen LogP contribution in [0, 0.1) is 0 Å². The number of aromatic amines is 1. The Hall–Kier alpha value is -2.84. The number of para-hydroxylation sites is 1. The number of thioether (sulfide) groups is 1. The minimum Gasteiger partial charge on any atom is -0.376 e. The van der Waals surface area contributed by atoms with Gasteiger partial charge in [0, 0.05) is 17.9 Å². The predicted molar refractivity (Wildman–Crippen MR) is 113 cm³/mol. The van der Waals surface area contributed by atoms with Gasteiger partial charge in [0.15, 0.2) is 5.16 Å². The molecular weight excluding hydrogens is 388 g/mol. The van der Waals surface area contributed by atoms with Crippen molar-refractivity contribution in [2.45, 2.75) is 30.6 Å². The molecule has 1 atom stereocenters. The van der Waals surface area contributed by atoms with E-state index in [-0.39, 0.29) is 23.5 Å². The van der Waals surface area contributed by atoms with Crippen molar-refractivity contribution in [3.63, 3.8) is 0 Å². The van der Waals surface area contributed by atoms with Gasteiger partial charge < -0.3 is 10.1 Å². The first-order chi connectivity index (χ1) is 14.2. The van der Waals surface area contributed by atoms with E-state index >= 15 is 0 Å². The van der Waals surface area contributed by atoms with Gasteiger partial charge in [0.2, 0.25) is 5.91 Å². The van der Waals surface area contributed by atoms with Crippen LogP contribution in [0.2, 0.25) is 0 Å². The standard InChI is InChI=1S/C21H22N4O3S/c26-19(22-18-11-5-4-10-17(18)15-7-2-1-3-8-15)14-29-21-24-23-20(27)25(21)13-16-9-6-12-28-16/h1-5,7-8,10-11,16H,6,9,12-14H2,(H,22,26)(H,23,27)/t16-/m1/s1. The van der Waals surface area contributed by atoms with E-state index in [4.69, 9.17) is 4.74 Å². The van der Waals surface area contributed by atoms with E-state index in [0.717, 1.165) is 36.3 Å². The topological polar surface area (TPSA) is 89.0 Å². The summed E-state index contributed by atoms with van der Waals surface area (Å²) in [6.45, 7) is 1.18. The van der Waals surface area contributed by atoms with E-state index in [1.54, 1.807) is 4.57 Å². The van der Waals surface area contributed by atoms with Crippen molar-refractivity contribution in [3.05, 3.63) is 65.1 Å². The fourth-order valence-corrected chi connectivity index (χ4v) is 4.10. The highest BCUT2D eigenvalue weighted by atomic mass is 32.2. The van der Waals surface area contributed by atoms with E-state index < -0.39 is 0 Å².